The van der Waals surface area contributed by atoms with Crippen molar-refractivity contribution in [2.24, 2.45) is 0 Å². The molecular weight excluding hydrogens is 663 g/mol. The minimum absolute atomic E-state index is 0.329. The number of aryl methyl sites for hydroxylation is 1. The maximum Gasteiger partial charge on any atom is 0.460 e. The standard InChI is InChI=1S/C33H25F9O4S/c34-30(35,32(38,39)40)31(36,37)33(41,42)47(43,44)46-25-14-11-23(12-15-25)29-27(22-9-5-2-6-10-22)17-13-24-19-26(16-18-28(24)29)45-20-21-7-3-1-4-8-21/h1-5,7-9,11-12,14-16,18-19H,6,10,13,17,20H2. The summed E-state index contributed by atoms with van der Waals surface area (Å²) in [6.45, 7) is 0.329. The van der Waals surface area contributed by atoms with Crippen molar-refractivity contribution in [3.05, 3.63) is 124 Å². The first-order chi connectivity index (χ1) is 22.0. The van der Waals surface area contributed by atoms with E-state index in [0.717, 1.165) is 46.4 Å². The number of allylic oxidation sites excluding steroid dienone is 5. The minimum atomic E-state index is -7.39. The van der Waals surface area contributed by atoms with Crippen LogP contribution in [-0.2, 0) is 23.1 Å². The lowest BCUT2D eigenvalue weighted by atomic mass is 9.78. The maximum absolute atomic E-state index is 14.2. The van der Waals surface area contributed by atoms with Gasteiger partial charge in [-0.25, -0.2) is 0 Å². The van der Waals surface area contributed by atoms with E-state index in [9.17, 15) is 47.9 Å². The summed E-state index contributed by atoms with van der Waals surface area (Å²) >= 11 is 0. The molecule has 47 heavy (non-hydrogen) atoms. The largest absolute Gasteiger partial charge is 0.489 e. The normalized spacial score (nSPS) is 16.1. The zero-order valence-corrected chi connectivity index (χ0v) is 25.0. The van der Waals surface area contributed by atoms with Gasteiger partial charge >= 0.3 is 33.4 Å². The fourth-order valence-electron chi connectivity index (χ4n) is 5.28. The van der Waals surface area contributed by atoms with Crippen molar-refractivity contribution in [2.45, 2.75) is 55.6 Å². The Morgan fingerprint density at radius 1 is 0.723 bits per heavy atom. The zero-order valence-electron chi connectivity index (χ0n) is 24.1. The van der Waals surface area contributed by atoms with Crippen molar-refractivity contribution < 1.29 is 56.9 Å². The van der Waals surface area contributed by atoms with Crippen molar-refractivity contribution in [3.63, 3.8) is 0 Å². The second-order valence-corrected chi connectivity index (χ2v) is 12.4. The van der Waals surface area contributed by atoms with Gasteiger partial charge in [0.1, 0.15) is 18.1 Å². The third-order valence-electron chi connectivity index (χ3n) is 7.72. The molecule has 0 saturated heterocycles. The summed E-state index contributed by atoms with van der Waals surface area (Å²) in [7, 11) is -7.06. The fraction of sp³-hybridized carbons (Fsp3) is 0.273. The Labute approximate surface area is 263 Å². The van der Waals surface area contributed by atoms with Gasteiger partial charge < -0.3 is 8.92 Å². The lowest BCUT2D eigenvalue weighted by molar-refractivity contribution is -0.382. The molecule has 3 aromatic rings. The molecule has 0 fully saturated rings. The molecule has 0 bridgehead atoms. The highest BCUT2D eigenvalue weighted by Gasteiger charge is 2.86. The molecule has 3 aromatic carbocycles. The summed E-state index contributed by atoms with van der Waals surface area (Å²) in [5, 5.41) is -6.96. The lowest BCUT2D eigenvalue weighted by Crippen LogP contribution is -2.63. The van der Waals surface area contributed by atoms with Gasteiger partial charge in [0.15, 0.2) is 0 Å². The summed E-state index contributed by atoms with van der Waals surface area (Å²) in [6, 6.07) is 19.1. The molecule has 0 radical (unpaired) electrons. The van der Waals surface area contributed by atoms with E-state index in [1.807, 2.05) is 60.7 Å². The van der Waals surface area contributed by atoms with Crippen LogP contribution < -0.4 is 8.92 Å². The van der Waals surface area contributed by atoms with E-state index >= 15 is 0 Å². The Hall–Kier alpha value is -4.20. The number of rotatable bonds is 10. The van der Waals surface area contributed by atoms with Gasteiger partial charge in [0.05, 0.1) is 0 Å². The highest BCUT2D eigenvalue weighted by Crippen LogP contribution is 2.55. The van der Waals surface area contributed by atoms with Crippen LogP contribution in [0.3, 0.4) is 0 Å². The number of fused-ring (bicyclic) bond motifs is 1. The number of benzene rings is 3. The molecular formula is C33H25F9O4S. The van der Waals surface area contributed by atoms with Crippen molar-refractivity contribution in [1.29, 1.82) is 0 Å². The van der Waals surface area contributed by atoms with Gasteiger partial charge in [-0.05, 0) is 88.9 Å². The van der Waals surface area contributed by atoms with Crippen LogP contribution >= 0.6 is 0 Å². The SMILES string of the molecule is O=S(=O)(Oc1ccc(C2=C(C3=CC=CCC3)CCc3cc(OCc4ccccc4)ccc32)cc1)C(F)(F)C(F)(F)C(F)(F)C(F)(F)F. The van der Waals surface area contributed by atoms with Gasteiger partial charge in [-0.1, -0.05) is 66.8 Å². The van der Waals surface area contributed by atoms with E-state index in [-0.39, 0.29) is 0 Å². The van der Waals surface area contributed by atoms with Gasteiger partial charge in [0.2, 0.25) is 0 Å². The molecule has 0 heterocycles. The van der Waals surface area contributed by atoms with Crippen LogP contribution in [-0.4, -0.2) is 31.7 Å². The van der Waals surface area contributed by atoms with Gasteiger partial charge in [0.25, 0.3) is 0 Å². The molecule has 5 rings (SSSR count). The van der Waals surface area contributed by atoms with Crippen molar-refractivity contribution in [3.8, 4) is 11.5 Å². The molecule has 0 amide bonds. The van der Waals surface area contributed by atoms with E-state index in [0.29, 0.717) is 42.8 Å². The predicted molar refractivity (Wildman–Crippen MR) is 155 cm³/mol. The monoisotopic (exact) mass is 688 g/mol. The molecule has 0 unspecified atom stereocenters. The quantitative estimate of drug-likeness (QED) is 0.157. The summed E-state index contributed by atoms with van der Waals surface area (Å²) < 4.78 is 154. The van der Waals surface area contributed by atoms with Crippen LogP contribution in [0, 0.1) is 0 Å². The van der Waals surface area contributed by atoms with E-state index in [4.69, 9.17) is 4.74 Å². The molecule has 14 heteroatoms. The van der Waals surface area contributed by atoms with E-state index in [1.54, 1.807) is 6.07 Å². The Balaban J connectivity index is 1.46. The topological polar surface area (TPSA) is 52.6 Å². The second kappa shape index (κ2) is 12.4. The van der Waals surface area contributed by atoms with Crippen molar-refractivity contribution in [2.75, 3.05) is 0 Å². The summed E-state index contributed by atoms with van der Waals surface area (Å²) in [5.74, 6) is -15.2. The van der Waals surface area contributed by atoms with Crippen LogP contribution in [0.4, 0.5) is 39.5 Å². The van der Waals surface area contributed by atoms with Crippen LogP contribution in [0.5, 0.6) is 11.5 Å². The van der Waals surface area contributed by atoms with Crippen molar-refractivity contribution >= 4 is 15.7 Å². The first kappa shape index (κ1) is 34.1. The lowest BCUT2D eigenvalue weighted by Gasteiger charge is -2.32. The molecule has 0 spiro atoms. The second-order valence-electron chi connectivity index (χ2n) is 10.8. The van der Waals surface area contributed by atoms with Crippen molar-refractivity contribution in [1.82, 2.24) is 0 Å². The predicted octanol–water partition coefficient (Wildman–Crippen LogP) is 9.42. The number of halogens is 9. The molecule has 0 N–H and O–H groups in total. The third kappa shape index (κ3) is 6.39. The Bertz CT molecular complexity index is 1830. The molecule has 2 aliphatic carbocycles. The number of ether oxygens (including phenoxy) is 1. The third-order valence-corrected chi connectivity index (χ3v) is 9.02. The average Bonchev–Trinajstić information content (AvgIpc) is 3.03. The number of hydrogen-bond acceptors (Lipinski definition) is 4. The Morgan fingerprint density at radius 2 is 1.38 bits per heavy atom. The first-order valence-corrected chi connectivity index (χ1v) is 15.5. The van der Waals surface area contributed by atoms with E-state index in [2.05, 4.69) is 4.18 Å². The molecule has 0 atom stereocenters. The summed E-state index contributed by atoms with van der Waals surface area (Å²) in [4.78, 5) is 0. The summed E-state index contributed by atoms with van der Waals surface area (Å²) in [5.41, 5.74) is 5.78. The van der Waals surface area contributed by atoms with Crippen LogP contribution in [0.25, 0.3) is 5.57 Å². The molecule has 250 valence electrons. The average molecular weight is 689 g/mol. The highest BCUT2D eigenvalue weighted by atomic mass is 32.2. The Morgan fingerprint density at radius 3 is 2.00 bits per heavy atom. The van der Waals surface area contributed by atoms with Gasteiger partial charge in [0, 0.05) is 0 Å². The molecule has 0 aliphatic heterocycles. The molecule has 0 aromatic heterocycles. The molecule has 0 saturated carbocycles. The van der Waals surface area contributed by atoms with Crippen LogP contribution in [0.15, 0.2) is 102 Å². The van der Waals surface area contributed by atoms with Gasteiger partial charge in [-0.2, -0.15) is 47.9 Å². The van der Waals surface area contributed by atoms with Crippen LogP contribution in [0.2, 0.25) is 0 Å². The smallest absolute Gasteiger partial charge is 0.460 e. The maximum atomic E-state index is 14.2. The van der Waals surface area contributed by atoms with E-state index < -0.39 is 39.1 Å². The number of hydrogen-bond donors (Lipinski definition) is 0. The Kier molecular flexibility index (Phi) is 9.03. The first-order valence-electron chi connectivity index (χ1n) is 14.1. The van der Waals surface area contributed by atoms with E-state index in [1.165, 1.54) is 12.1 Å². The van der Waals surface area contributed by atoms with Gasteiger partial charge in [-0.3, -0.25) is 0 Å². The van der Waals surface area contributed by atoms with Crippen LogP contribution in [0.1, 0.15) is 41.5 Å². The van der Waals surface area contributed by atoms with Gasteiger partial charge in [-0.15, -0.1) is 0 Å². The fourth-order valence-corrected chi connectivity index (χ4v) is 6.19. The minimum Gasteiger partial charge on any atom is -0.489 e. The zero-order chi connectivity index (χ0) is 34.3. The summed E-state index contributed by atoms with van der Waals surface area (Å²) in [6.07, 6.45) is 1.38. The highest BCUT2D eigenvalue weighted by molar-refractivity contribution is 7.88. The molecule has 2 aliphatic rings. The number of alkyl halides is 9. The molecule has 4 nitrogen and oxygen atoms in total.